The number of amides is 1. The molecule has 80 valence electrons. The lowest BCUT2D eigenvalue weighted by Gasteiger charge is -2.13. The van der Waals surface area contributed by atoms with E-state index >= 15 is 0 Å². The van der Waals surface area contributed by atoms with Gasteiger partial charge in [0.1, 0.15) is 0 Å². The van der Waals surface area contributed by atoms with E-state index in [4.69, 9.17) is 5.73 Å². The molecule has 3 heteroatoms. The van der Waals surface area contributed by atoms with Crippen LogP contribution in [-0.2, 0) is 11.2 Å². The highest BCUT2D eigenvalue weighted by atomic mass is 16.2. The maximum Gasteiger partial charge on any atom is 0.231 e. The molecule has 1 unspecified atom stereocenters. The van der Waals surface area contributed by atoms with Crippen LogP contribution in [0.25, 0.3) is 0 Å². The summed E-state index contributed by atoms with van der Waals surface area (Å²) in [6, 6.07) is 6.18. The van der Waals surface area contributed by atoms with Crippen molar-refractivity contribution in [2.45, 2.75) is 19.3 Å². The molecule has 1 heterocycles. The van der Waals surface area contributed by atoms with Gasteiger partial charge in [-0.25, -0.2) is 0 Å². The maximum absolute atomic E-state index is 11.5. The van der Waals surface area contributed by atoms with Crippen molar-refractivity contribution in [1.29, 1.82) is 0 Å². The van der Waals surface area contributed by atoms with E-state index in [-0.39, 0.29) is 5.91 Å². The Morgan fingerprint density at radius 3 is 2.93 bits per heavy atom. The van der Waals surface area contributed by atoms with Crippen molar-refractivity contribution in [2.75, 3.05) is 18.5 Å². The van der Waals surface area contributed by atoms with Gasteiger partial charge >= 0.3 is 0 Å². The second-order valence-corrected chi connectivity index (χ2v) is 4.15. The molecule has 1 aliphatic rings. The van der Waals surface area contributed by atoms with Crippen LogP contribution >= 0.6 is 0 Å². The molecule has 15 heavy (non-hydrogen) atoms. The molecular formula is C12H16N2O. The summed E-state index contributed by atoms with van der Waals surface area (Å²) in [5, 5.41) is 0. The largest absolute Gasteiger partial charge is 0.330 e. The zero-order chi connectivity index (χ0) is 11.0. The fraction of sp³-hybridized carbons (Fsp3) is 0.417. The SMILES string of the molecule is CC(CN)c1ccc2c(c1)CC(=O)N2C. The van der Waals surface area contributed by atoms with Gasteiger partial charge in [-0.15, -0.1) is 0 Å². The van der Waals surface area contributed by atoms with Crippen molar-refractivity contribution < 1.29 is 4.79 Å². The Balaban J connectivity index is 2.37. The fourth-order valence-corrected chi connectivity index (χ4v) is 1.93. The molecule has 0 spiro atoms. The molecule has 1 aromatic carbocycles. The highest BCUT2D eigenvalue weighted by molar-refractivity contribution is 6.00. The molecule has 3 nitrogen and oxygen atoms in total. The van der Waals surface area contributed by atoms with Crippen LogP contribution in [0.4, 0.5) is 5.69 Å². The van der Waals surface area contributed by atoms with Crippen LogP contribution in [0, 0.1) is 0 Å². The van der Waals surface area contributed by atoms with Crippen molar-refractivity contribution in [2.24, 2.45) is 5.73 Å². The van der Waals surface area contributed by atoms with E-state index in [1.807, 2.05) is 13.1 Å². The number of anilines is 1. The van der Waals surface area contributed by atoms with E-state index < -0.39 is 0 Å². The predicted molar refractivity (Wildman–Crippen MR) is 61.0 cm³/mol. The third-order valence-electron chi connectivity index (χ3n) is 3.10. The molecule has 2 rings (SSSR count). The summed E-state index contributed by atoms with van der Waals surface area (Å²) in [7, 11) is 1.82. The predicted octanol–water partition coefficient (Wildman–Crippen LogP) is 1.27. The van der Waals surface area contributed by atoms with Crippen LogP contribution < -0.4 is 10.6 Å². The van der Waals surface area contributed by atoms with Gasteiger partial charge in [-0.3, -0.25) is 4.79 Å². The van der Waals surface area contributed by atoms with E-state index in [9.17, 15) is 4.79 Å². The van der Waals surface area contributed by atoms with Gasteiger partial charge in [0.05, 0.1) is 6.42 Å². The van der Waals surface area contributed by atoms with E-state index in [0.717, 1.165) is 11.3 Å². The first-order valence-corrected chi connectivity index (χ1v) is 5.23. The van der Waals surface area contributed by atoms with Crippen LogP contribution in [0.2, 0.25) is 0 Å². The van der Waals surface area contributed by atoms with Crippen LogP contribution in [0.3, 0.4) is 0 Å². The summed E-state index contributed by atoms with van der Waals surface area (Å²) >= 11 is 0. The molecule has 1 aliphatic heterocycles. The van der Waals surface area contributed by atoms with Gasteiger partial charge in [-0.05, 0) is 29.7 Å². The minimum atomic E-state index is 0.169. The summed E-state index contributed by atoms with van der Waals surface area (Å²) in [4.78, 5) is 13.2. The second kappa shape index (κ2) is 3.66. The van der Waals surface area contributed by atoms with Gasteiger partial charge in [0.25, 0.3) is 0 Å². The number of hydrogen-bond acceptors (Lipinski definition) is 2. The average molecular weight is 204 g/mol. The van der Waals surface area contributed by atoms with Crippen molar-refractivity contribution >= 4 is 11.6 Å². The maximum atomic E-state index is 11.5. The molecule has 1 amide bonds. The standard InChI is InChI=1S/C12H16N2O/c1-8(7-13)9-3-4-11-10(5-9)6-12(15)14(11)2/h3-5,8H,6-7,13H2,1-2H3. The highest BCUT2D eigenvalue weighted by Gasteiger charge is 2.24. The number of carbonyl (C=O) groups excluding carboxylic acids is 1. The number of likely N-dealkylation sites (N-methyl/N-ethyl adjacent to an activating group) is 1. The van der Waals surface area contributed by atoms with Crippen LogP contribution in [0.1, 0.15) is 24.0 Å². The normalized spacial score (nSPS) is 16.7. The van der Waals surface area contributed by atoms with Crippen molar-refractivity contribution in [1.82, 2.24) is 0 Å². The topological polar surface area (TPSA) is 46.3 Å². The Kier molecular flexibility index (Phi) is 2.49. The lowest BCUT2D eigenvalue weighted by Crippen LogP contribution is -2.20. The number of fused-ring (bicyclic) bond motifs is 1. The Bertz CT molecular complexity index is 401. The van der Waals surface area contributed by atoms with E-state index in [2.05, 4.69) is 19.1 Å². The number of benzene rings is 1. The Hall–Kier alpha value is -1.35. The highest BCUT2D eigenvalue weighted by Crippen LogP contribution is 2.30. The van der Waals surface area contributed by atoms with Crippen molar-refractivity contribution in [3.8, 4) is 0 Å². The van der Waals surface area contributed by atoms with Crippen molar-refractivity contribution in [3.05, 3.63) is 29.3 Å². The van der Waals surface area contributed by atoms with Crippen LogP contribution in [0.15, 0.2) is 18.2 Å². The number of nitrogens with two attached hydrogens (primary N) is 1. The fourth-order valence-electron chi connectivity index (χ4n) is 1.93. The first-order valence-electron chi connectivity index (χ1n) is 5.23. The lowest BCUT2D eigenvalue weighted by atomic mass is 9.98. The minimum absolute atomic E-state index is 0.169. The Labute approximate surface area is 89.9 Å². The first-order chi connectivity index (χ1) is 7.13. The quantitative estimate of drug-likeness (QED) is 0.788. The Morgan fingerprint density at radius 1 is 1.53 bits per heavy atom. The number of hydrogen-bond donors (Lipinski definition) is 1. The molecule has 1 aromatic rings. The summed E-state index contributed by atoms with van der Waals surface area (Å²) in [6.45, 7) is 2.74. The van der Waals surface area contributed by atoms with Crippen molar-refractivity contribution in [3.63, 3.8) is 0 Å². The number of rotatable bonds is 2. The molecule has 2 N–H and O–H groups in total. The van der Waals surface area contributed by atoms with Gasteiger partial charge in [-0.1, -0.05) is 19.1 Å². The van der Waals surface area contributed by atoms with Gasteiger partial charge in [-0.2, -0.15) is 0 Å². The van der Waals surface area contributed by atoms with Gasteiger partial charge in [0, 0.05) is 12.7 Å². The van der Waals surface area contributed by atoms with Gasteiger partial charge in [0.2, 0.25) is 5.91 Å². The van der Waals surface area contributed by atoms with E-state index in [1.54, 1.807) is 4.90 Å². The molecular weight excluding hydrogens is 188 g/mol. The molecule has 0 fully saturated rings. The first kappa shape index (κ1) is 10.2. The summed E-state index contributed by atoms with van der Waals surface area (Å²) in [6.07, 6.45) is 0.525. The molecule has 0 bridgehead atoms. The smallest absolute Gasteiger partial charge is 0.231 e. The summed E-state index contributed by atoms with van der Waals surface area (Å²) < 4.78 is 0. The van der Waals surface area contributed by atoms with Crippen LogP contribution in [0.5, 0.6) is 0 Å². The van der Waals surface area contributed by atoms with E-state index in [1.165, 1.54) is 5.56 Å². The van der Waals surface area contributed by atoms with Crippen LogP contribution in [-0.4, -0.2) is 19.5 Å². The molecule has 0 saturated heterocycles. The zero-order valence-electron chi connectivity index (χ0n) is 9.16. The third kappa shape index (κ3) is 1.63. The van der Waals surface area contributed by atoms with Gasteiger partial charge in [0.15, 0.2) is 0 Å². The Morgan fingerprint density at radius 2 is 2.27 bits per heavy atom. The second-order valence-electron chi connectivity index (χ2n) is 4.15. The lowest BCUT2D eigenvalue weighted by molar-refractivity contribution is -0.117. The summed E-state index contributed by atoms with van der Waals surface area (Å²) in [5.41, 5.74) is 9.01. The monoisotopic (exact) mass is 204 g/mol. The zero-order valence-corrected chi connectivity index (χ0v) is 9.16. The molecule has 0 aromatic heterocycles. The third-order valence-corrected chi connectivity index (χ3v) is 3.10. The average Bonchev–Trinajstić information content (AvgIpc) is 2.53. The number of carbonyl (C=O) groups is 1. The molecule has 0 aliphatic carbocycles. The summed E-state index contributed by atoms with van der Waals surface area (Å²) in [5.74, 6) is 0.527. The number of nitrogens with zero attached hydrogens (tertiary/aromatic N) is 1. The molecule has 1 atom stereocenters. The molecule has 0 saturated carbocycles. The minimum Gasteiger partial charge on any atom is -0.330 e. The van der Waals surface area contributed by atoms with E-state index in [0.29, 0.717) is 18.9 Å². The molecule has 0 radical (unpaired) electrons. The van der Waals surface area contributed by atoms with Gasteiger partial charge < -0.3 is 10.6 Å².